The quantitative estimate of drug-likeness (QED) is 0.603. The molecule has 0 bridgehead atoms. The van der Waals surface area contributed by atoms with Crippen molar-refractivity contribution in [3.05, 3.63) is 60.2 Å². The highest BCUT2D eigenvalue weighted by atomic mass is 32.2. The molecule has 0 aliphatic rings. The van der Waals surface area contributed by atoms with Gasteiger partial charge in [0.2, 0.25) is 5.91 Å². The number of amides is 1. The summed E-state index contributed by atoms with van der Waals surface area (Å²) in [5, 5.41) is 2.92. The van der Waals surface area contributed by atoms with E-state index in [4.69, 9.17) is 0 Å². The van der Waals surface area contributed by atoms with Gasteiger partial charge in [-0.15, -0.1) is 23.5 Å². The highest BCUT2D eigenvalue weighted by Crippen LogP contribution is 2.23. The standard InChI is InChI=1S/C18H21NOS2/c1-14-8-10-17(11-9-14)22-15(2)18(20)19-12-13-21-16-6-4-3-5-7-16/h3-11,15H,12-13H2,1-2H3,(H,19,20)/t15-/m1/s1. The summed E-state index contributed by atoms with van der Waals surface area (Å²) in [4.78, 5) is 14.5. The molecule has 4 heteroatoms. The summed E-state index contributed by atoms with van der Waals surface area (Å²) in [5.41, 5.74) is 1.24. The van der Waals surface area contributed by atoms with Crippen LogP contribution in [0.25, 0.3) is 0 Å². The van der Waals surface area contributed by atoms with Gasteiger partial charge in [0.05, 0.1) is 5.25 Å². The molecule has 0 heterocycles. The normalized spacial score (nSPS) is 11.9. The summed E-state index contributed by atoms with van der Waals surface area (Å²) in [5.74, 6) is 0.983. The molecule has 2 nitrogen and oxygen atoms in total. The minimum atomic E-state index is -0.0792. The number of hydrogen-bond donors (Lipinski definition) is 1. The van der Waals surface area contributed by atoms with Crippen LogP contribution in [0, 0.1) is 6.92 Å². The predicted octanol–water partition coefficient (Wildman–Crippen LogP) is 4.38. The summed E-state index contributed by atoms with van der Waals surface area (Å²) < 4.78 is 0. The number of thioether (sulfide) groups is 2. The Balaban J connectivity index is 1.69. The average Bonchev–Trinajstić information content (AvgIpc) is 2.54. The molecular weight excluding hydrogens is 310 g/mol. The van der Waals surface area contributed by atoms with Crippen molar-refractivity contribution in [1.29, 1.82) is 0 Å². The molecule has 0 saturated carbocycles. The average molecular weight is 332 g/mol. The smallest absolute Gasteiger partial charge is 0.233 e. The van der Waals surface area contributed by atoms with E-state index >= 15 is 0 Å². The van der Waals surface area contributed by atoms with Crippen molar-refractivity contribution in [1.82, 2.24) is 5.32 Å². The predicted molar refractivity (Wildman–Crippen MR) is 96.7 cm³/mol. The van der Waals surface area contributed by atoms with Crippen molar-refractivity contribution in [3.63, 3.8) is 0 Å². The number of hydrogen-bond acceptors (Lipinski definition) is 3. The van der Waals surface area contributed by atoms with Gasteiger partial charge in [0.15, 0.2) is 0 Å². The molecule has 2 aromatic carbocycles. The summed E-state index contributed by atoms with van der Waals surface area (Å²) in [6.07, 6.45) is 0. The van der Waals surface area contributed by atoms with Gasteiger partial charge in [-0.25, -0.2) is 0 Å². The van der Waals surface area contributed by atoms with Crippen molar-refractivity contribution in [2.75, 3.05) is 12.3 Å². The maximum absolute atomic E-state index is 12.1. The largest absolute Gasteiger partial charge is 0.354 e. The number of aryl methyl sites for hydroxylation is 1. The van der Waals surface area contributed by atoms with Gasteiger partial charge >= 0.3 is 0 Å². The zero-order valence-corrected chi connectivity index (χ0v) is 14.5. The van der Waals surface area contributed by atoms with E-state index in [1.807, 2.05) is 25.1 Å². The van der Waals surface area contributed by atoms with Crippen molar-refractivity contribution >= 4 is 29.4 Å². The topological polar surface area (TPSA) is 29.1 Å². The Morgan fingerprint density at radius 1 is 1.05 bits per heavy atom. The highest BCUT2D eigenvalue weighted by molar-refractivity contribution is 8.00. The van der Waals surface area contributed by atoms with Crippen LogP contribution in [0.4, 0.5) is 0 Å². The molecule has 22 heavy (non-hydrogen) atoms. The molecule has 2 rings (SSSR count). The van der Waals surface area contributed by atoms with E-state index in [2.05, 4.69) is 48.6 Å². The Hall–Kier alpha value is -1.39. The van der Waals surface area contributed by atoms with Crippen molar-refractivity contribution in [2.24, 2.45) is 0 Å². The second kappa shape index (κ2) is 8.91. The minimum Gasteiger partial charge on any atom is -0.354 e. The number of carbonyl (C=O) groups excluding carboxylic acids is 1. The van der Waals surface area contributed by atoms with Crippen LogP contribution in [0.1, 0.15) is 12.5 Å². The number of nitrogens with one attached hydrogen (secondary N) is 1. The zero-order chi connectivity index (χ0) is 15.8. The van der Waals surface area contributed by atoms with Gasteiger partial charge in [-0.1, -0.05) is 35.9 Å². The van der Waals surface area contributed by atoms with Gasteiger partial charge in [-0.3, -0.25) is 4.79 Å². The maximum Gasteiger partial charge on any atom is 0.233 e. The van der Waals surface area contributed by atoms with Crippen LogP contribution in [0.2, 0.25) is 0 Å². The second-order valence-corrected chi connectivity index (χ2v) is 7.61. The van der Waals surface area contributed by atoms with E-state index in [0.29, 0.717) is 6.54 Å². The Morgan fingerprint density at radius 3 is 2.41 bits per heavy atom. The van der Waals surface area contributed by atoms with Gasteiger partial charge < -0.3 is 5.32 Å². The van der Waals surface area contributed by atoms with Crippen LogP contribution >= 0.6 is 23.5 Å². The van der Waals surface area contributed by atoms with Crippen molar-refractivity contribution in [3.8, 4) is 0 Å². The molecule has 0 aliphatic carbocycles. The van der Waals surface area contributed by atoms with Crippen molar-refractivity contribution < 1.29 is 4.79 Å². The van der Waals surface area contributed by atoms with Gasteiger partial charge in [-0.05, 0) is 38.1 Å². The van der Waals surface area contributed by atoms with Gasteiger partial charge in [-0.2, -0.15) is 0 Å². The molecule has 116 valence electrons. The van der Waals surface area contributed by atoms with E-state index in [1.165, 1.54) is 10.5 Å². The lowest BCUT2D eigenvalue weighted by Gasteiger charge is -2.12. The third-order valence-electron chi connectivity index (χ3n) is 3.12. The minimum absolute atomic E-state index is 0.0792. The molecule has 0 radical (unpaired) electrons. The number of benzene rings is 2. The fraction of sp³-hybridized carbons (Fsp3) is 0.278. The second-order valence-electron chi connectivity index (χ2n) is 5.03. The SMILES string of the molecule is Cc1ccc(S[C@H](C)C(=O)NCCSc2ccccc2)cc1. The fourth-order valence-corrected chi connectivity index (χ4v) is 3.56. The molecule has 0 aromatic heterocycles. The molecule has 0 aliphatic heterocycles. The third-order valence-corrected chi connectivity index (χ3v) is 5.24. The maximum atomic E-state index is 12.1. The van der Waals surface area contributed by atoms with E-state index in [-0.39, 0.29) is 11.2 Å². The molecule has 2 aromatic rings. The van der Waals surface area contributed by atoms with Crippen LogP contribution in [0.5, 0.6) is 0 Å². The van der Waals surface area contributed by atoms with Gasteiger partial charge in [0.25, 0.3) is 0 Å². The van der Waals surface area contributed by atoms with E-state index in [0.717, 1.165) is 10.6 Å². The Bertz CT molecular complexity index is 584. The molecular formula is C18H21NOS2. The van der Waals surface area contributed by atoms with Crippen LogP contribution in [-0.4, -0.2) is 23.5 Å². The summed E-state index contributed by atoms with van der Waals surface area (Å²) in [6.45, 7) is 4.70. The van der Waals surface area contributed by atoms with Gasteiger partial charge in [0.1, 0.15) is 0 Å². The van der Waals surface area contributed by atoms with Gasteiger partial charge in [0, 0.05) is 22.1 Å². The van der Waals surface area contributed by atoms with E-state index in [9.17, 15) is 4.79 Å². The molecule has 1 atom stereocenters. The molecule has 0 saturated heterocycles. The third kappa shape index (κ3) is 5.78. The summed E-state index contributed by atoms with van der Waals surface area (Å²) >= 11 is 3.35. The molecule has 0 fully saturated rings. The molecule has 0 unspecified atom stereocenters. The first-order valence-electron chi connectivity index (χ1n) is 7.34. The lowest BCUT2D eigenvalue weighted by Crippen LogP contribution is -2.32. The van der Waals surface area contributed by atoms with Crippen LogP contribution in [0.3, 0.4) is 0 Å². The van der Waals surface area contributed by atoms with Crippen molar-refractivity contribution in [2.45, 2.75) is 28.9 Å². The lowest BCUT2D eigenvalue weighted by molar-refractivity contribution is -0.120. The van der Waals surface area contributed by atoms with Crippen LogP contribution in [0.15, 0.2) is 64.4 Å². The Kier molecular flexibility index (Phi) is 6.87. The lowest BCUT2D eigenvalue weighted by atomic mass is 10.2. The molecule has 1 amide bonds. The number of carbonyl (C=O) groups is 1. The van der Waals surface area contributed by atoms with E-state index < -0.39 is 0 Å². The zero-order valence-electron chi connectivity index (χ0n) is 12.9. The molecule has 0 spiro atoms. The first-order chi connectivity index (χ1) is 10.6. The summed E-state index contributed by atoms with van der Waals surface area (Å²) in [6, 6.07) is 18.5. The Labute approximate surface area is 141 Å². The highest BCUT2D eigenvalue weighted by Gasteiger charge is 2.13. The van der Waals surface area contributed by atoms with E-state index in [1.54, 1.807) is 23.5 Å². The fourth-order valence-electron chi connectivity index (χ4n) is 1.88. The monoisotopic (exact) mass is 331 g/mol. The summed E-state index contributed by atoms with van der Waals surface area (Å²) in [7, 11) is 0. The van der Waals surface area contributed by atoms with Crippen LogP contribution in [-0.2, 0) is 4.79 Å². The first kappa shape index (κ1) is 17.0. The first-order valence-corrected chi connectivity index (χ1v) is 9.20. The van der Waals surface area contributed by atoms with Crippen LogP contribution < -0.4 is 5.32 Å². The Morgan fingerprint density at radius 2 is 1.73 bits per heavy atom. The molecule has 1 N–H and O–H groups in total. The number of rotatable bonds is 7.